The maximum atomic E-state index is 8.50. The Bertz CT molecular complexity index is 77.1. The predicted molar refractivity (Wildman–Crippen MR) is 27.3 cm³/mol. The van der Waals surface area contributed by atoms with Gasteiger partial charge in [-0.1, -0.05) is 0 Å². The number of piperazine rings is 1. The van der Waals surface area contributed by atoms with Crippen molar-refractivity contribution < 1.29 is 25.7 Å². The summed E-state index contributed by atoms with van der Waals surface area (Å²) in [6.07, 6.45) is 0. The van der Waals surface area contributed by atoms with Crippen molar-refractivity contribution in [1.29, 1.82) is 0 Å². The van der Waals surface area contributed by atoms with Gasteiger partial charge in [0.15, 0.2) is 0 Å². The summed E-state index contributed by atoms with van der Waals surface area (Å²) in [5.41, 5.74) is 0. The monoisotopic (exact) mass is 165 g/mol. The van der Waals surface area contributed by atoms with Gasteiger partial charge in [-0.3, -0.25) is 0 Å². The van der Waals surface area contributed by atoms with Crippen LogP contribution in [0.15, 0.2) is 0 Å². The quantitative estimate of drug-likeness (QED) is 0.502. The van der Waals surface area contributed by atoms with Crippen LogP contribution < -0.4 is 5.32 Å². The minimum absolute atomic E-state index is 1.01. The maximum absolute atomic E-state index is 8.50. The fourth-order valence-corrected chi connectivity index (χ4v) is 0.553. The summed E-state index contributed by atoms with van der Waals surface area (Å²) in [4.78, 5) is 0. The first-order valence-corrected chi connectivity index (χ1v) is 4.02. The van der Waals surface area contributed by atoms with E-state index in [1.807, 2.05) is 0 Å². The van der Waals surface area contributed by atoms with E-state index < -0.39 is 19.1 Å². The topological polar surface area (TPSA) is 60.3 Å². The number of nitrogens with zero attached hydrogens (tertiary/aromatic N) is 1. The molecule has 1 N–H and O–H groups in total. The summed E-state index contributed by atoms with van der Waals surface area (Å²) in [6.45, 7) is 4.19. The summed E-state index contributed by atoms with van der Waals surface area (Å²) in [7, 11) is 0. The zero-order valence-corrected chi connectivity index (χ0v) is 6.65. The van der Waals surface area contributed by atoms with Gasteiger partial charge < -0.3 is 10.6 Å². The van der Waals surface area contributed by atoms with Crippen molar-refractivity contribution in [2.45, 2.75) is 0 Å². The molecule has 0 amide bonds. The van der Waals surface area contributed by atoms with Crippen molar-refractivity contribution in [3.63, 3.8) is 0 Å². The Kier molecular flexibility index (Phi) is 8.45. The summed E-state index contributed by atoms with van der Waals surface area (Å²) < 4.78 is 17.0. The van der Waals surface area contributed by atoms with E-state index in [0.717, 1.165) is 26.2 Å². The molecular weight excluding hydrogens is 156 g/mol. The molecule has 1 aliphatic heterocycles. The van der Waals surface area contributed by atoms with Gasteiger partial charge in [0.05, 0.1) is 0 Å². The molecular formula is C4H9N2O2Ti-. The fraction of sp³-hybridized carbons (Fsp3) is 1.00. The van der Waals surface area contributed by atoms with Crippen LogP contribution in [0.1, 0.15) is 0 Å². The normalized spacial score (nSPS) is 16.9. The third-order valence-electron chi connectivity index (χ3n) is 0.893. The van der Waals surface area contributed by atoms with E-state index >= 15 is 0 Å². The van der Waals surface area contributed by atoms with Crippen LogP contribution in [-0.2, 0) is 25.7 Å². The van der Waals surface area contributed by atoms with E-state index in [2.05, 4.69) is 10.6 Å². The van der Waals surface area contributed by atoms with Gasteiger partial charge in [0, 0.05) is 0 Å². The molecule has 1 saturated heterocycles. The zero-order valence-electron chi connectivity index (χ0n) is 5.09. The molecule has 1 aliphatic rings. The molecule has 1 fully saturated rings. The van der Waals surface area contributed by atoms with Gasteiger partial charge in [0.1, 0.15) is 0 Å². The van der Waals surface area contributed by atoms with Crippen LogP contribution in [0.25, 0.3) is 5.32 Å². The van der Waals surface area contributed by atoms with Crippen molar-refractivity contribution in [2.24, 2.45) is 0 Å². The molecule has 52 valence electrons. The van der Waals surface area contributed by atoms with Gasteiger partial charge >= 0.3 is 25.7 Å². The molecule has 0 spiro atoms. The third kappa shape index (κ3) is 8.23. The Balaban J connectivity index is 0.000000187. The van der Waals surface area contributed by atoms with Crippen LogP contribution >= 0.6 is 0 Å². The van der Waals surface area contributed by atoms with Crippen LogP contribution in [0.4, 0.5) is 0 Å². The summed E-state index contributed by atoms with van der Waals surface area (Å²) in [6, 6.07) is 0. The first-order valence-electron chi connectivity index (χ1n) is 2.75. The van der Waals surface area contributed by atoms with E-state index in [-0.39, 0.29) is 0 Å². The average molecular weight is 165 g/mol. The second kappa shape index (κ2) is 8.23. The molecule has 1 rings (SSSR count). The Morgan fingerprint density at radius 2 is 1.67 bits per heavy atom. The molecule has 5 heteroatoms. The number of nitrogens with one attached hydrogen (secondary N) is 1. The number of hydrogen-bond acceptors (Lipinski definition) is 3. The molecule has 0 atom stereocenters. The van der Waals surface area contributed by atoms with Gasteiger partial charge in [-0.25, -0.2) is 0 Å². The number of rotatable bonds is 0. The molecule has 0 unspecified atom stereocenters. The molecule has 0 aromatic carbocycles. The van der Waals surface area contributed by atoms with Gasteiger partial charge in [-0.15, -0.1) is 13.1 Å². The Morgan fingerprint density at radius 1 is 1.22 bits per heavy atom. The molecule has 0 aromatic rings. The standard InChI is InChI=1S/C4H9N2.2O.Ti/c1-2-6-4-3-5-1;;;/h5H,1-4H2;;;/q-1;;;. The van der Waals surface area contributed by atoms with Gasteiger partial charge in [0.25, 0.3) is 0 Å². The third-order valence-corrected chi connectivity index (χ3v) is 0.893. The second-order valence-corrected chi connectivity index (χ2v) is 1.76. The summed E-state index contributed by atoms with van der Waals surface area (Å²) in [5, 5.41) is 7.31. The first kappa shape index (κ1) is 9.23. The Hall–Kier alpha value is 0.234. The Morgan fingerprint density at radius 3 is 1.78 bits per heavy atom. The van der Waals surface area contributed by atoms with Crippen molar-refractivity contribution in [1.82, 2.24) is 5.32 Å². The van der Waals surface area contributed by atoms with E-state index in [1.165, 1.54) is 0 Å². The van der Waals surface area contributed by atoms with Crippen molar-refractivity contribution in [2.75, 3.05) is 26.2 Å². The summed E-state index contributed by atoms with van der Waals surface area (Å²) in [5.74, 6) is 0. The van der Waals surface area contributed by atoms with E-state index in [9.17, 15) is 0 Å². The van der Waals surface area contributed by atoms with Crippen LogP contribution in [0.5, 0.6) is 0 Å². The van der Waals surface area contributed by atoms with Crippen molar-refractivity contribution in [3.05, 3.63) is 5.32 Å². The first-order chi connectivity index (χ1) is 4.41. The molecule has 0 radical (unpaired) electrons. The zero-order chi connectivity index (χ0) is 6.95. The van der Waals surface area contributed by atoms with Gasteiger partial charge in [-0.2, -0.15) is 0 Å². The molecule has 4 nitrogen and oxygen atoms in total. The van der Waals surface area contributed by atoms with Crippen molar-refractivity contribution >= 4 is 0 Å². The van der Waals surface area contributed by atoms with E-state index in [1.54, 1.807) is 0 Å². The average Bonchev–Trinajstić information content (AvgIpc) is 1.93. The predicted octanol–water partition coefficient (Wildman–Crippen LogP) is -0.277. The van der Waals surface area contributed by atoms with Crippen LogP contribution in [0.3, 0.4) is 0 Å². The molecule has 0 aliphatic carbocycles. The second-order valence-electron chi connectivity index (χ2n) is 1.50. The molecule has 0 bridgehead atoms. The molecule has 0 saturated carbocycles. The molecule has 0 aromatic heterocycles. The summed E-state index contributed by atoms with van der Waals surface area (Å²) >= 11 is -2.00. The van der Waals surface area contributed by atoms with Crippen LogP contribution in [-0.4, -0.2) is 26.2 Å². The van der Waals surface area contributed by atoms with Crippen molar-refractivity contribution in [3.8, 4) is 0 Å². The minimum atomic E-state index is -2.00. The van der Waals surface area contributed by atoms with E-state index in [4.69, 9.17) is 6.65 Å². The van der Waals surface area contributed by atoms with Gasteiger partial charge in [-0.05, 0) is 13.1 Å². The molecule has 9 heavy (non-hydrogen) atoms. The van der Waals surface area contributed by atoms with Gasteiger partial charge in [0.2, 0.25) is 0 Å². The number of hydrogen-bond donors (Lipinski definition) is 1. The van der Waals surface area contributed by atoms with E-state index in [0.29, 0.717) is 0 Å². The van der Waals surface area contributed by atoms with Crippen LogP contribution in [0.2, 0.25) is 0 Å². The molecule has 1 heterocycles. The SMILES string of the molecule is C1CNCC[N-]1.[O]=[Ti]=[O]. The Labute approximate surface area is 63.0 Å². The fourth-order valence-electron chi connectivity index (χ4n) is 0.553. The van der Waals surface area contributed by atoms with Crippen LogP contribution in [0, 0.1) is 0 Å².